The summed E-state index contributed by atoms with van der Waals surface area (Å²) in [6.07, 6.45) is 82.3. The first-order valence-corrected chi connectivity index (χ1v) is 30.4. The SMILES string of the molecule is CC/C=C\C/C=C\C/C=C\C/C=C\C/C=C\C/C=C\C/C=C\C/C=C\CCCCCCC(=O)OCC(COC(=O)CCCCCCCCCCCCCCC)OC(=O)CCCCCCC/C=C\CCCCCC. The zero-order valence-electron chi connectivity index (χ0n) is 47.6. The van der Waals surface area contributed by atoms with Crippen molar-refractivity contribution in [3.63, 3.8) is 0 Å². The fourth-order valence-corrected chi connectivity index (χ4v) is 8.22. The summed E-state index contributed by atoms with van der Waals surface area (Å²) >= 11 is 0. The molecular weight excluding hydrogens is 901 g/mol. The van der Waals surface area contributed by atoms with E-state index in [0.29, 0.717) is 19.3 Å². The van der Waals surface area contributed by atoms with Crippen LogP contribution in [0.15, 0.2) is 109 Å². The molecule has 416 valence electrons. The predicted octanol–water partition coefficient (Wildman–Crippen LogP) is 20.7. The molecule has 1 atom stereocenters. The van der Waals surface area contributed by atoms with Gasteiger partial charge < -0.3 is 14.2 Å². The van der Waals surface area contributed by atoms with Gasteiger partial charge in [0.1, 0.15) is 13.2 Å². The summed E-state index contributed by atoms with van der Waals surface area (Å²) in [4.78, 5) is 38.1. The summed E-state index contributed by atoms with van der Waals surface area (Å²) in [5.74, 6) is -0.920. The molecule has 0 spiro atoms. The molecule has 1 unspecified atom stereocenters. The van der Waals surface area contributed by atoms with Crippen molar-refractivity contribution in [2.75, 3.05) is 13.2 Å². The highest BCUT2D eigenvalue weighted by Gasteiger charge is 2.19. The fraction of sp³-hybridized carbons (Fsp3) is 0.687. The summed E-state index contributed by atoms with van der Waals surface area (Å²) in [7, 11) is 0. The van der Waals surface area contributed by atoms with Crippen molar-refractivity contribution in [2.45, 2.75) is 284 Å². The number of esters is 3. The molecule has 0 aliphatic heterocycles. The fourth-order valence-electron chi connectivity index (χ4n) is 8.22. The Kier molecular flexibility index (Phi) is 57.4. The van der Waals surface area contributed by atoms with E-state index in [4.69, 9.17) is 14.2 Å². The Morgan fingerprint density at radius 2 is 0.534 bits per heavy atom. The van der Waals surface area contributed by atoms with Gasteiger partial charge in [-0.15, -0.1) is 0 Å². The minimum Gasteiger partial charge on any atom is -0.462 e. The highest BCUT2D eigenvalue weighted by atomic mass is 16.6. The van der Waals surface area contributed by atoms with E-state index in [9.17, 15) is 14.4 Å². The molecule has 0 saturated heterocycles. The van der Waals surface area contributed by atoms with Gasteiger partial charge in [0, 0.05) is 19.3 Å². The average molecular weight is 1010 g/mol. The summed E-state index contributed by atoms with van der Waals surface area (Å²) < 4.78 is 16.8. The summed E-state index contributed by atoms with van der Waals surface area (Å²) in [5, 5.41) is 0. The second-order valence-electron chi connectivity index (χ2n) is 19.9. The number of allylic oxidation sites excluding steroid dienone is 18. The van der Waals surface area contributed by atoms with Crippen LogP contribution < -0.4 is 0 Å². The Morgan fingerprint density at radius 1 is 0.288 bits per heavy atom. The highest BCUT2D eigenvalue weighted by molar-refractivity contribution is 5.71. The lowest BCUT2D eigenvalue weighted by Gasteiger charge is -2.18. The minimum absolute atomic E-state index is 0.0881. The third kappa shape index (κ3) is 58.8. The van der Waals surface area contributed by atoms with Crippen LogP contribution in [0.3, 0.4) is 0 Å². The molecule has 6 nitrogen and oxygen atoms in total. The number of ether oxygens (including phenoxy) is 3. The Balaban J connectivity index is 4.34. The largest absolute Gasteiger partial charge is 0.462 e. The highest BCUT2D eigenvalue weighted by Crippen LogP contribution is 2.15. The van der Waals surface area contributed by atoms with E-state index in [1.807, 2.05) is 0 Å². The van der Waals surface area contributed by atoms with Gasteiger partial charge in [-0.2, -0.15) is 0 Å². The number of hydrogen-bond donors (Lipinski definition) is 0. The van der Waals surface area contributed by atoms with E-state index >= 15 is 0 Å². The smallest absolute Gasteiger partial charge is 0.306 e. The van der Waals surface area contributed by atoms with E-state index in [1.165, 1.54) is 103 Å². The lowest BCUT2D eigenvalue weighted by Crippen LogP contribution is -2.30. The lowest BCUT2D eigenvalue weighted by atomic mass is 10.0. The normalized spacial score (nSPS) is 12.9. The van der Waals surface area contributed by atoms with Gasteiger partial charge in [-0.3, -0.25) is 14.4 Å². The molecule has 0 rings (SSSR count). The van der Waals surface area contributed by atoms with Crippen LogP contribution in [0.25, 0.3) is 0 Å². The van der Waals surface area contributed by atoms with Crippen molar-refractivity contribution in [1.82, 2.24) is 0 Å². The summed E-state index contributed by atoms with van der Waals surface area (Å²) in [6, 6.07) is 0. The van der Waals surface area contributed by atoms with Gasteiger partial charge in [0.2, 0.25) is 0 Å². The van der Waals surface area contributed by atoms with E-state index in [2.05, 4.69) is 130 Å². The standard InChI is InChI=1S/C67H112O6/c1-4-7-10-13-16-19-22-25-26-27-28-29-30-31-32-33-34-35-36-37-38-39-40-43-45-48-51-54-57-60-66(69)72-63-64(73-67(70)61-58-55-52-49-46-42-24-21-18-15-12-9-6-3)62-71-65(68)59-56-53-50-47-44-41-23-20-17-14-11-8-5-2/h7,10,16,19,21,24-26,28-29,31-32,34-35,37-38,40,43,64H,4-6,8-9,11-15,17-18,20,22-23,27,30,33,36,39,41-42,44-63H2,1-3H3/b10-7-,19-16-,24-21-,26-25-,29-28-,32-31-,35-34-,38-37-,43-40-. The van der Waals surface area contributed by atoms with Gasteiger partial charge >= 0.3 is 17.9 Å². The van der Waals surface area contributed by atoms with E-state index in [-0.39, 0.29) is 31.1 Å². The molecule has 0 aliphatic carbocycles. The molecule has 0 fully saturated rings. The Bertz CT molecular complexity index is 1490. The van der Waals surface area contributed by atoms with E-state index in [0.717, 1.165) is 135 Å². The quantitative estimate of drug-likeness (QED) is 0.0261. The maximum atomic E-state index is 12.8. The monoisotopic (exact) mass is 1010 g/mol. The first-order valence-electron chi connectivity index (χ1n) is 30.4. The van der Waals surface area contributed by atoms with Gasteiger partial charge in [-0.05, 0) is 109 Å². The van der Waals surface area contributed by atoms with Gasteiger partial charge in [0.05, 0.1) is 0 Å². The number of carbonyl (C=O) groups is 3. The number of unbranched alkanes of at least 4 members (excludes halogenated alkanes) is 25. The van der Waals surface area contributed by atoms with Crippen LogP contribution in [0.5, 0.6) is 0 Å². The van der Waals surface area contributed by atoms with Gasteiger partial charge in [0.15, 0.2) is 6.10 Å². The third-order valence-corrected chi connectivity index (χ3v) is 12.8. The van der Waals surface area contributed by atoms with Crippen LogP contribution in [0.1, 0.15) is 278 Å². The second kappa shape index (κ2) is 60.6. The van der Waals surface area contributed by atoms with E-state index < -0.39 is 6.10 Å². The zero-order valence-corrected chi connectivity index (χ0v) is 47.6. The Labute approximate surface area is 450 Å². The number of rotatable bonds is 54. The number of carbonyl (C=O) groups excluding carboxylic acids is 3. The van der Waals surface area contributed by atoms with Gasteiger partial charge in [-0.1, -0.05) is 259 Å². The van der Waals surface area contributed by atoms with Crippen molar-refractivity contribution >= 4 is 17.9 Å². The van der Waals surface area contributed by atoms with Gasteiger partial charge in [-0.25, -0.2) is 0 Å². The average Bonchev–Trinajstić information content (AvgIpc) is 3.39. The van der Waals surface area contributed by atoms with Crippen LogP contribution >= 0.6 is 0 Å². The second-order valence-corrected chi connectivity index (χ2v) is 19.9. The summed E-state index contributed by atoms with van der Waals surface area (Å²) in [6.45, 7) is 6.49. The van der Waals surface area contributed by atoms with Crippen molar-refractivity contribution in [2.24, 2.45) is 0 Å². The zero-order chi connectivity index (χ0) is 52.9. The molecule has 0 aromatic carbocycles. The molecule has 0 saturated carbocycles. The molecule has 0 amide bonds. The molecule has 0 N–H and O–H groups in total. The molecule has 0 aromatic heterocycles. The lowest BCUT2D eigenvalue weighted by molar-refractivity contribution is -0.167. The van der Waals surface area contributed by atoms with Crippen LogP contribution in [0.4, 0.5) is 0 Å². The van der Waals surface area contributed by atoms with Crippen LogP contribution in [-0.4, -0.2) is 37.2 Å². The molecule has 0 radical (unpaired) electrons. The first kappa shape index (κ1) is 69.1. The number of hydrogen-bond acceptors (Lipinski definition) is 6. The molecule has 0 bridgehead atoms. The van der Waals surface area contributed by atoms with Crippen molar-refractivity contribution in [3.05, 3.63) is 109 Å². The van der Waals surface area contributed by atoms with Crippen LogP contribution in [0, 0.1) is 0 Å². The molecule has 73 heavy (non-hydrogen) atoms. The molecule has 0 aromatic rings. The predicted molar refractivity (Wildman–Crippen MR) is 316 cm³/mol. The molecular formula is C67H112O6. The maximum absolute atomic E-state index is 12.8. The molecule has 0 heterocycles. The minimum atomic E-state index is -0.792. The Morgan fingerprint density at radius 3 is 0.863 bits per heavy atom. The van der Waals surface area contributed by atoms with Crippen molar-refractivity contribution in [3.8, 4) is 0 Å². The third-order valence-electron chi connectivity index (χ3n) is 12.8. The van der Waals surface area contributed by atoms with Crippen LogP contribution in [0.2, 0.25) is 0 Å². The molecule has 6 heteroatoms. The van der Waals surface area contributed by atoms with E-state index in [1.54, 1.807) is 0 Å². The molecule has 0 aliphatic rings. The maximum Gasteiger partial charge on any atom is 0.306 e. The first-order chi connectivity index (χ1) is 36.0. The summed E-state index contributed by atoms with van der Waals surface area (Å²) in [5.41, 5.74) is 0. The van der Waals surface area contributed by atoms with Crippen molar-refractivity contribution < 1.29 is 28.6 Å². The topological polar surface area (TPSA) is 78.9 Å². The Hall–Kier alpha value is -3.93. The van der Waals surface area contributed by atoms with Crippen LogP contribution in [-0.2, 0) is 28.6 Å². The van der Waals surface area contributed by atoms with Crippen molar-refractivity contribution in [1.29, 1.82) is 0 Å². The van der Waals surface area contributed by atoms with Gasteiger partial charge in [0.25, 0.3) is 0 Å².